The van der Waals surface area contributed by atoms with Crippen LogP contribution < -0.4 is 10.6 Å². The van der Waals surface area contributed by atoms with E-state index in [1.54, 1.807) is 18.7 Å². The van der Waals surface area contributed by atoms with E-state index in [-0.39, 0.29) is 17.3 Å². The molecule has 1 aliphatic rings. The topological polar surface area (TPSA) is 41.1 Å². The number of hydrogen-bond acceptors (Lipinski definition) is 4. The second kappa shape index (κ2) is 5.59. The van der Waals surface area contributed by atoms with E-state index in [0.29, 0.717) is 0 Å². The first-order chi connectivity index (χ1) is 8.63. The first kappa shape index (κ1) is 13.2. The van der Waals surface area contributed by atoms with E-state index in [1.807, 2.05) is 31.4 Å². The lowest BCUT2D eigenvalue weighted by Gasteiger charge is -2.34. The zero-order chi connectivity index (χ0) is 13.1. The van der Waals surface area contributed by atoms with Crippen LogP contribution in [0.3, 0.4) is 0 Å². The molecule has 2 atom stereocenters. The van der Waals surface area contributed by atoms with Crippen LogP contribution in [-0.4, -0.2) is 17.5 Å². The molecule has 0 saturated heterocycles. The molecule has 1 aromatic rings. The molecular weight excluding hydrogens is 244 g/mol. The number of allylic oxidation sites excluding steroid dienone is 1. The fourth-order valence-electron chi connectivity index (χ4n) is 2.27. The summed E-state index contributed by atoms with van der Waals surface area (Å²) in [4.78, 5) is 11.8. The van der Waals surface area contributed by atoms with Gasteiger partial charge in [-0.05, 0) is 25.7 Å². The summed E-state index contributed by atoms with van der Waals surface area (Å²) < 4.78 is 0. The molecule has 0 spiro atoms. The minimum atomic E-state index is -0.0256. The van der Waals surface area contributed by atoms with Crippen molar-refractivity contribution in [2.75, 3.05) is 6.26 Å². The molecule has 0 amide bonds. The summed E-state index contributed by atoms with van der Waals surface area (Å²) in [6, 6.07) is 10.1. The fraction of sp³-hybridized carbons (Fsp3) is 0.357. The van der Waals surface area contributed by atoms with Gasteiger partial charge in [0.1, 0.15) is 5.50 Å². The maximum absolute atomic E-state index is 11.8. The maximum Gasteiger partial charge on any atom is 0.159 e. The van der Waals surface area contributed by atoms with Crippen LogP contribution in [0.5, 0.6) is 0 Å². The Morgan fingerprint density at radius 1 is 1.28 bits per heavy atom. The van der Waals surface area contributed by atoms with E-state index >= 15 is 0 Å². The number of nitrogens with one attached hydrogen (secondary N) is 2. The molecule has 18 heavy (non-hydrogen) atoms. The number of carbonyl (C=O) groups is 1. The maximum atomic E-state index is 11.8. The zero-order valence-corrected chi connectivity index (χ0v) is 11.7. The fourth-order valence-corrected chi connectivity index (χ4v) is 2.84. The van der Waals surface area contributed by atoms with Crippen LogP contribution >= 0.6 is 11.8 Å². The van der Waals surface area contributed by atoms with Gasteiger partial charge in [-0.25, -0.2) is 0 Å². The molecule has 0 aliphatic carbocycles. The summed E-state index contributed by atoms with van der Waals surface area (Å²) in [5.74, 6) is 0.112. The van der Waals surface area contributed by atoms with E-state index in [4.69, 9.17) is 0 Å². The molecular formula is C14H18N2OS. The van der Waals surface area contributed by atoms with Gasteiger partial charge in [0.15, 0.2) is 5.78 Å². The van der Waals surface area contributed by atoms with E-state index in [9.17, 15) is 4.79 Å². The number of rotatable bonds is 3. The largest absolute Gasteiger partial charge is 0.365 e. The molecule has 1 heterocycles. The number of hydrogen-bond donors (Lipinski definition) is 2. The second-order valence-corrected chi connectivity index (χ2v) is 5.31. The van der Waals surface area contributed by atoms with Crippen LogP contribution in [0, 0.1) is 0 Å². The molecule has 0 radical (unpaired) electrons. The summed E-state index contributed by atoms with van der Waals surface area (Å²) in [7, 11) is 0. The molecule has 3 nitrogen and oxygen atoms in total. The molecule has 0 bridgehead atoms. The second-order valence-electron chi connectivity index (χ2n) is 4.37. The number of carbonyl (C=O) groups excluding carboxylic acids is 1. The van der Waals surface area contributed by atoms with Gasteiger partial charge in [0.25, 0.3) is 0 Å². The van der Waals surface area contributed by atoms with Gasteiger partial charge >= 0.3 is 0 Å². The first-order valence-corrected chi connectivity index (χ1v) is 7.24. The monoisotopic (exact) mass is 262 g/mol. The van der Waals surface area contributed by atoms with Crippen molar-refractivity contribution in [3.8, 4) is 0 Å². The van der Waals surface area contributed by atoms with Crippen molar-refractivity contribution in [3.05, 3.63) is 47.2 Å². The Labute approximate surface area is 112 Å². The van der Waals surface area contributed by atoms with Crippen molar-refractivity contribution in [1.82, 2.24) is 10.6 Å². The molecule has 1 aromatic carbocycles. The SMILES string of the molecule is CSC1NC(C)=C(C(C)=O)C(c2ccccc2)N1. The third-order valence-electron chi connectivity index (χ3n) is 3.11. The van der Waals surface area contributed by atoms with Crippen LogP contribution in [0.25, 0.3) is 0 Å². The van der Waals surface area contributed by atoms with Crippen molar-refractivity contribution in [3.63, 3.8) is 0 Å². The molecule has 2 unspecified atom stereocenters. The van der Waals surface area contributed by atoms with Gasteiger partial charge in [0.2, 0.25) is 0 Å². The number of benzene rings is 1. The number of ketones is 1. The molecule has 2 rings (SSSR count). The van der Waals surface area contributed by atoms with E-state index in [2.05, 4.69) is 22.8 Å². The van der Waals surface area contributed by atoms with Crippen molar-refractivity contribution in [2.45, 2.75) is 25.4 Å². The summed E-state index contributed by atoms with van der Waals surface area (Å²) in [5, 5.41) is 6.76. The van der Waals surface area contributed by atoms with Crippen LogP contribution in [0.2, 0.25) is 0 Å². The Morgan fingerprint density at radius 2 is 1.94 bits per heavy atom. The third kappa shape index (κ3) is 2.60. The highest BCUT2D eigenvalue weighted by Gasteiger charge is 2.29. The molecule has 0 aromatic heterocycles. The zero-order valence-electron chi connectivity index (χ0n) is 10.9. The van der Waals surface area contributed by atoms with Crippen molar-refractivity contribution in [1.29, 1.82) is 0 Å². The van der Waals surface area contributed by atoms with Gasteiger partial charge in [0, 0.05) is 11.3 Å². The lowest BCUT2D eigenvalue weighted by molar-refractivity contribution is -0.114. The predicted octanol–water partition coefficient (Wildman–Crippen LogP) is 2.43. The standard InChI is InChI=1S/C14H18N2OS/c1-9-12(10(2)17)13(16-14(15-9)18-3)11-7-5-4-6-8-11/h4-8,13-16H,1-3H3. The summed E-state index contributed by atoms with van der Waals surface area (Å²) in [6.45, 7) is 3.59. The normalized spacial score (nSPS) is 23.7. The Morgan fingerprint density at radius 3 is 2.50 bits per heavy atom. The van der Waals surface area contributed by atoms with Gasteiger partial charge in [0.05, 0.1) is 6.04 Å². The summed E-state index contributed by atoms with van der Waals surface area (Å²) >= 11 is 1.69. The molecule has 0 saturated carbocycles. The highest BCUT2D eigenvalue weighted by Crippen LogP contribution is 2.29. The Bertz CT molecular complexity index is 470. The number of thioether (sulfide) groups is 1. The Hall–Kier alpha value is -1.26. The van der Waals surface area contributed by atoms with Crippen molar-refractivity contribution in [2.24, 2.45) is 0 Å². The molecule has 96 valence electrons. The lowest BCUT2D eigenvalue weighted by Crippen LogP contribution is -2.47. The van der Waals surface area contributed by atoms with E-state index in [0.717, 1.165) is 16.8 Å². The lowest BCUT2D eigenvalue weighted by atomic mass is 9.93. The van der Waals surface area contributed by atoms with Gasteiger partial charge in [-0.1, -0.05) is 30.3 Å². The quantitative estimate of drug-likeness (QED) is 0.878. The highest BCUT2D eigenvalue weighted by atomic mass is 32.2. The van der Waals surface area contributed by atoms with Gasteiger partial charge in [-0.15, -0.1) is 11.8 Å². The van der Waals surface area contributed by atoms with E-state index < -0.39 is 0 Å². The predicted molar refractivity (Wildman–Crippen MR) is 76.1 cm³/mol. The average molecular weight is 262 g/mol. The van der Waals surface area contributed by atoms with Gasteiger partial charge in [-0.2, -0.15) is 0 Å². The average Bonchev–Trinajstić information content (AvgIpc) is 2.38. The molecule has 0 fully saturated rings. The molecule has 1 aliphatic heterocycles. The third-order valence-corrected chi connectivity index (χ3v) is 3.83. The van der Waals surface area contributed by atoms with Crippen LogP contribution in [0.4, 0.5) is 0 Å². The summed E-state index contributed by atoms with van der Waals surface area (Å²) in [6.07, 6.45) is 2.04. The molecule has 4 heteroatoms. The first-order valence-electron chi connectivity index (χ1n) is 5.95. The minimum absolute atomic E-state index is 0.0256. The Kier molecular flexibility index (Phi) is 4.09. The minimum Gasteiger partial charge on any atom is -0.365 e. The van der Waals surface area contributed by atoms with Crippen molar-refractivity contribution < 1.29 is 4.79 Å². The van der Waals surface area contributed by atoms with E-state index in [1.165, 1.54) is 0 Å². The summed E-state index contributed by atoms with van der Waals surface area (Å²) in [5.41, 5.74) is 3.06. The van der Waals surface area contributed by atoms with Gasteiger partial charge < -0.3 is 5.32 Å². The van der Waals surface area contributed by atoms with Crippen molar-refractivity contribution >= 4 is 17.5 Å². The van der Waals surface area contributed by atoms with Crippen LogP contribution in [0.1, 0.15) is 25.5 Å². The van der Waals surface area contributed by atoms with Crippen LogP contribution in [0.15, 0.2) is 41.6 Å². The number of Topliss-reactive ketones (excluding diaryl/α,β-unsaturated/α-hetero) is 1. The van der Waals surface area contributed by atoms with Crippen LogP contribution in [-0.2, 0) is 4.79 Å². The van der Waals surface area contributed by atoms with Gasteiger partial charge in [-0.3, -0.25) is 10.1 Å². The smallest absolute Gasteiger partial charge is 0.159 e. The Balaban J connectivity index is 2.42. The molecule has 2 N–H and O–H groups in total. The highest BCUT2D eigenvalue weighted by molar-refractivity contribution is 7.99.